The molecule has 1 rings (SSSR count). The molecular formula is C8H13BrN2O. The summed E-state index contributed by atoms with van der Waals surface area (Å²) in [5.74, 6) is 0.431. The van der Waals surface area contributed by atoms with Crippen LogP contribution in [0.2, 0.25) is 0 Å². The molecule has 1 N–H and O–H groups in total. The summed E-state index contributed by atoms with van der Waals surface area (Å²) in [5, 5.41) is 9.44. The van der Waals surface area contributed by atoms with Crippen LogP contribution in [0.15, 0.2) is 16.9 Å². The zero-order valence-corrected chi connectivity index (χ0v) is 7.96. The molecule has 0 aromatic carbocycles. The van der Waals surface area contributed by atoms with Gasteiger partial charge in [-0.1, -0.05) is 7.43 Å². The molecule has 0 aliphatic heterocycles. The molecule has 1 aromatic heterocycles. The molecule has 4 heteroatoms. The molecule has 3 nitrogen and oxygen atoms in total. The fourth-order valence-corrected chi connectivity index (χ4v) is 0.833. The number of aliphatic hydroxyl groups is 1. The average molecular weight is 233 g/mol. The first-order chi connectivity index (χ1) is 5.00. The predicted molar refractivity (Wildman–Crippen MR) is 51.7 cm³/mol. The molecule has 1 heterocycles. The molecule has 0 spiro atoms. The van der Waals surface area contributed by atoms with Crippen LogP contribution < -0.4 is 0 Å². The van der Waals surface area contributed by atoms with Crippen molar-refractivity contribution in [2.45, 2.75) is 26.9 Å². The maximum absolute atomic E-state index is 9.44. The van der Waals surface area contributed by atoms with E-state index in [0.717, 1.165) is 4.47 Å². The van der Waals surface area contributed by atoms with Gasteiger partial charge in [-0.2, -0.15) is 0 Å². The first kappa shape index (κ1) is 11.5. The van der Waals surface area contributed by atoms with Gasteiger partial charge >= 0.3 is 0 Å². The number of hydrogen-bond donors (Lipinski definition) is 1. The normalized spacial score (nSPS) is 10.7. The van der Waals surface area contributed by atoms with Gasteiger partial charge < -0.3 is 5.11 Å². The van der Waals surface area contributed by atoms with E-state index in [-0.39, 0.29) is 7.43 Å². The molecule has 0 unspecified atom stereocenters. The van der Waals surface area contributed by atoms with Crippen LogP contribution in [-0.2, 0) is 5.60 Å². The van der Waals surface area contributed by atoms with Gasteiger partial charge in [0.25, 0.3) is 0 Å². The van der Waals surface area contributed by atoms with E-state index in [0.29, 0.717) is 5.82 Å². The minimum Gasteiger partial charge on any atom is -0.382 e. The summed E-state index contributed by atoms with van der Waals surface area (Å²) in [6.45, 7) is 3.30. The Morgan fingerprint density at radius 1 is 1.33 bits per heavy atom. The quantitative estimate of drug-likeness (QED) is 0.807. The Bertz CT molecular complexity index is 240. The minimum atomic E-state index is -0.958. The van der Waals surface area contributed by atoms with Crippen LogP contribution in [0.25, 0.3) is 0 Å². The molecule has 0 aliphatic carbocycles. The highest BCUT2D eigenvalue weighted by Gasteiger charge is 2.18. The summed E-state index contributed by atoms with van der Waals surface area (Å²) in [5.41, 5.74) is -0.958. The van der Waals surface area contributed by atoms with Crippen molar-refractivity contribution in [1.82, 2.24) is 9.97 Å². The Kier molecular flexibility index (Phi) is 3.80. The first-order valence-electron chi connectivity index (χ1n) is 3.20. The topological polar surface area (TPSA) is 46.0 Å². The molecule has 0 fully saturated rings. The average Bonchev–Trinajstić information content (AvgIpc) is 1.86. The van der Waals surface area contributed by atoms with Gasteiger partial charge in [0.05, 0.1) is 4.47 Å². The molecule has 68 valence electrons. The minimum absolute atomic E-state index is 0. The monoisotopic (exact) mass is 232 g/mol. The fourth-order valence-electron chi connectivity index (χ4n) is 0.628. The van der Waals surface area contributed by atoms with Gasteiger partial charge in [0.15, 0.2) is 5.82 Å². The SMILES string of the molecule is C.CC(C)(O)c1ncc(Br)cn1. The first-order valence-corrected chi connectivity index (χ1v) is 4.00. The van der Waals surface area contributed by atoms with Crippen molar-refractivity contribution in [3.05, 3.63) is 22.7 Å². The molecule has 0 atom stereocenters. The van der Waals surface area contributed by atoms with Crippen molar-refractivity contribution in [3.63, 3.8) is 0 Å². The summed E-state index contributed by atoms with van der Waals surface area (Å²) < 4.78 is 0.811. The second kappa shape index (κ2) is 3.96. The van der Waals surface area contributed by atoms with Crippen molar-refractivity contribution in [1.29, 1.82) is 0 Å². The zero-order valence-electron chi connectivity index (χ0n) is 6.37. The summed E-state index contributed by atoms with van der Waals surface area (Å²) in [7, 11) is 0. The van der Waals surface area contributed by atoms with Crippen LogP contribution in [0.4, 0.5) is 0 Å². The van der Waals surface area contributed by atoms with Crippen molar-refractivity contribution in [3.8, 4) is 0 Å². The summed E-state index contributed by atoms with van der Waals surface area (Å²) in [4.78, 5) is 7.88. The lowest BCUT2D eigenvalue weighted by Gasteiger charge is -2.14. The van der Waals surface area contributed by atoms with Gasteiger partial charge in [-0.3, -0.25) is 0 Å². The van der Waals surface area contributed by atoms with E-state index in [1.54, 1.807) is 26.2 Å². The van der Waals surface area contributed by atoms with Crippen LogP contribution in [0.3, 0.4) is 0 Å². The van der Waals surface area contributed by atoms with E-state index < -0.39 is 5.60 Å². The van der Waals surface area contributed by atoms with Gasteiger partial charge in [0.2, 0.25) is 0 Å². The van der Waals surface area contributed by atoms with Crippen molar-refractivity contribution in [2.24, 2.45) is 0 Å². The summed E-state index contributed by atoms with van der Waals surface area (Å²) in [6.07, 6.45) is 3.22. The molecule has 0 amide bonds. The van der Waals surface area contributed by atoms with Crippen LogP contribution in [0.5, 0.6) is 0 Å². The van der Waals surface area contributed by atoms with E-state index in [9.17, 15) is 5.11 Å². The second-order valence-electron chi connectivity index (χ2n) is 2.78. The van der Waals surface area contributed by atoms with E-state index in [1.807, 2.05) is 0 Å². The Morgan fingerprint density at radius 2 is 1.75 bits per heavy atom. The van der Waals surface area contributed by atoms with Gasteiger partial charge in [-0.05, 0) is 29.8 Å². The van der Waals surface area contributed by atoms with E-state index in [1.165, 1.54) is 0 Å². The van der Waals surface area contributed by atoms with Crippen molar-refractivity contribution in [2.75, 3.05) is 0 Å². The Hall–Kier alpha value is -0.480. The largest absolute Gasteiger partial charge is 0.382 e. The highest BCUT2D eigenvalue weighted by Crippen LogP contribution is 2.15. The fraction of sp³-hybridized carbons (Fsp3) is 0.500. The molecule has 0 aliphatic rings. The Morgan fingerprint density at radius 3 is 2.08 bits per heavy atom. The Balaban J connectivity index is 0.00000121. The molecule has 12 heavy (non-hydrogen) atoms. The third-order valence-electron chi connectivity index (χ3n) is 1.17. The number of hydrogen-bond acceptors (Lipinski definition) is 3. The molecule has 0 bridgehead atoms. The summed E-state index contributed by atoms with van der Waals surface area (Å²) >= 11 is 3.21. The van der Waals surface area contributed by atoms with Crippen LogP contribution in [-0.4, -0.2) is 15.1 Å². The maximum Gasteiger partial charge on any atom is 0.159 e. The number of halogens is 1. The van der Waals surface area contributed by atoms with Gasteiger partial charge in [0, 0.05) is 12.4 Å². The molecule has 0 saturated heterocycles. The van der Waals surface area contributed by atoms with Gasteiger partial charge in [0.1, 0.15) is 5.60 Å². The smallest absolute Gasteiger partial charge is 0.159 e. The maximum atomic E-state index is 9.44. The van der Waals surface area contributed by atoms with Crippen LogP contribution >= 0.6 is 15.9 Å². The van der Waals surface area contributed by atoms with Crippen LogP contribution in [0.1, 0.15) is 27.1 Å². The highest BCUT2D eigenvalue weighted by atomic mass is 79.9. The lowest BCUT2D eigenvalue weighted by atomic mass is 10.1. The number of aromatic nitrogens is 2. The second-order valence-corrected chi connectivity index (χ2v) is 3.70. The number of nitrogens with zero attached hydrogens (tertiary/aromatic N) is 2. The highest BCUT2D eigenvalue weighted by molar-refractivity contribution is 9.10. The number of rotatable bonds is 1. The lowest BCUT2D eigenvalue weighted by molar-refractivity contribution is 0.0686. The zero-order chi connectivity index (χ0) is 8.48. The molecule has 0 radical (unpaired) electrons. The third-order valence-corrected chi connectivity index (χ3v) is 1.58. The van der Waals surface area contributed by atoms with Crippen LogP contribution in [0, 0.1) is 0 Å². The Labute approximate surface area is 81.0 Å². The van der Waals surface area contributed by atoms with Gasteiger partial charge in [-0.25, -0.2) is 9.97 Å². The van der Waals surface area contributed by atoms with Crippen molar-refractivity contribution < 1.29 is 5.11 Å². The molecule has 1 aromatic rings. The lowest BCUT2D eigenvalue weighted by Crippen LogP contribution is -2.19. The van der Waals surface area contributed by atoms with E-state index in [4.69, 9.17) is 0 Å². The van der Waals surface area contributed by atoms with Crippen molar-refractivity contribution >= 4 is 15.9 Å². The van der Waals surface area contributed by atoms with E-state index in [2.05, 4.69) is 25.9 Å². The van der Waals surface area contributed by atoms with Gasteiger partial charge in [-0.15, -0.1) is 0 Å². The summed E-state index contributed by atoms with van der Waals surface area (Å²) in [6, 6.07) is 0. The van der Waals surface area contributed by atoms with E-state index >= 15 is 0 Å². The predicted octanol–water partition coefficient (Wildman–Crippen LogP) is 2.10. The third kappa shape index (κ3) is 2.87. The molecule has 0 saturated carbocycles. The standard InChI is InChI=1S/C7H9BrN2O.CH4/c1-7(2,11)6-9-3-5(8)4-10-6;/h3-4,11H,1-2H3;1H4. The molecular weight excluding hydrogens is 220 g/mol.